The molecule has 4 nitrogen and oxygen atoms in total. The molecule has 0 spiro atoms. The fourth-order valence-electron chi connectivity index (χ4n) is 2.18. The Labute approximate surface area is 128 Å². The molecule has 0 radical (unpaired) electrons. The highest BCUT2D eigenvalue weighted by molar-refractivity contribution is 7.11. The minimum absolute atomic E-state index is 0.0765. The number of nitrogens with two attached hydrogens (primary N) is 1. The van der Waals surface area contributed by atoms with Crippen molar-refractivity contribution in [2.24, 2.45) is 5.73 Å². The SMILES string of the molecule is Cc1nc(CC(N)c2cnn(-c3ccccc3)c2)sc1C. The van der Waals surface area contributed by atoms with Crippen molar-refractivity contribution in [2.45, 2.75) is 26.3 Å². The van der Waals surface area contributed by atoms with E-state index >= 15 is 0 Å². The maximum atomic E-state index is 6.29. The van der Waals surface area contributed by atoms with Gasteiger partial charge in [-0.15, -0.1) is 11.3 Å². The van der Waals surface area contributed by atoms with Crippen LogP contribution in [-0.2, 0) is 6.42 Å². The Bertz CT molecular complexity index is 710. The first-order valence-corrected chi connectivity index (χ1v) is 7.73. The fraction of sp³-hybridized carbons (Fsp3) is 0.250. The highest BCUT2D eigenvalue weighted by atomic mass is 32.1. The quantitative estimate of drug-likeness (QED) is 0.805. The molecule has 2 heterocycles. The summed E-state index contributed by atoms with van der Waals surface area (Å²) in [6, 6.07) is 9.96. The van der Waals surface area contributed by atoms with Crippen molar-refractivity contribution in [1.29, 1.82) is 0 Å². The molecular formula is C16H18N4S. The summed E-state index contributed by atoms with van der Waals surface area (Å²) in [5.74, 6) is 0. The minimum Gasteiger partial charge on any atom is -0.324 e. The van der Waals surface area contributed by atoms with Crippen molar-refractivity contribution in [3.05, 3.63) is 63.9 Å². The molecule has 2 N–H and O–H groups in total. The van der Waals surface area contributed by atoms with Crippen molar-refractivity contribution >= 4 is 11.3 Å². The van der Waals surface area contributed by atoms with Gasteiger partial charge in [0.05, 0.1) is 22.6 Å². The number of aromatic nitrogens is 3. The number of benzene rings is 1. The molecule has 1 unspecified atom stereocenters. The van der Waals surface area contributed by atoms with Crippen LogP contribution in [0.1, 0.15) is 27.2 Å². The second kappa shape index (κ2) is 5.79. The lowest BCUT2D eigenvalue weighted by molar-refractivity contribution is 0.716. The molecule has 5 heteroatoms. The monoisotopic (exact) mass is 298 g/mol. The van der Waals surface area contributed by atoms with Gasteiger partial charge in [0.25, 0.3) is 0 Å². The van der Waals surface area contributed by atoms with Gasteiger partial charge in [0.2, 0.25) is 0 Å². The number of aryl methyl sites for hydroxylation is 2. The maximum Gasteiger partial charge on any atom is 0.0949 e. The fourth-order valence-corrected chi connectivity index (χ4v) is 3.17. The van der Waals surface area contributed by atoms with Gasteiger partial charge in [-0.1, -0.05) is 18.2 Å². The van der Waals surface area contributed by atoms with Crippen LogP contribution in [0.3, 0.4) is 0 Å². The summed E-state index contributed by atoms with van der Waals surface area (Å²) >= 11 is 1.72. The third-order valence-electron chi connectivity index (χ3n) is 3.52. The van der Waals surface area contributed by atoms with Crippen molar-refractivity contribution < 1.29 is 0 Å². The number of thiazole rings is 1. The van der Waals surface area contributed by atoms with E-state index in [1.807, 2.05) is 54.3 Å². The number of rotatable bonds is 4. The third kappa shape index (κ3) is 3.04. The zero-order valence-corrected chi connectivity index (χ0v) is 13.0. The number of para-hydroxylation sites is 1. The van der Waals surface area contributed by atoms with Gasteiger partial charge in [-0.05, 0) is 26.0 Å². The molecule has 1 aromatic carbocycles. The van der Waals surface area contributed by atoms with Crippen LogP contribution < -0.4 is 5.73 Å². The van der Waals surface area contributed by atoms with Crippen LogP contribution in [0.25, 0.3) is 5.69 Å². The van der Waals surface area contributed by atoms with Crippen LogP contribution in [0, 0.1) is 13.8 Å². The van der Waals surface area contributed by atoms with E-state index in [1.165, 1.54) is 4.88 Å². The molecule has 0 aliphatic heterocycles. The molecule has 0 saturated carbocycles. The summed E-state index contributed by atoms with van der Waals surface area (Å²) in [6.45, 7) is 4.13. The van der Waals surface area contributed by atoms with Gasteiger partial charge in [-0.3, -0.25) is 0 Å². The first kappa shape index (κ1) is 14.0. The maximum absolute atomic E-state index is 6.29. The van der Waals surface area contributed by atoms with Crippen molar-refractivity contribution in [3.8, 4) is 5.69 Å². The van der Waals surface area contributed by atoms with E-state index < -0.39 is 0 Å². The van der Waals surface area contributed by atoms with Gasteiger partial charge in [-0.2, -0.15) is 5.10 Å². The first-order chi connectivity index (χ1) is 10.1. The van der Waals surface area contributed by atoms with E-state index in [-0.39, 0.29) is 6.04 Å². The molecule has 0 aliphatic rings. The van der Waals surface area contributed by atoms with Gasteiger partial charge >= 0.3 is 0 Å². The second-order valence-electron chi connectivity index (χ2n) is 5.11. The van der Waals surface area contributed by atoms with Crippen molar-refractivity contribution in [1.82, 2.24) is 14.8 Å². The topological polar surface area (TPSA) is 56.7 Å². The number of nitrogens with zero attached hydrogens (tertiary/aromatic N) is 3. The van der Waals surface area contributed by atoms with Crippen molar-refractivity contribution in [3.63, 3.8) is 0 Å². The Morgan fingerprint density at radius 3 is 2.67 bits per heavy atom. The van der Waals surface area contributed by atoms with E-state index in [2.05, 4.69) is 17.0 Å². The molecule has 0 saturated heterocycles. The molecule has 0 amide bonds. The predicted molar refractivity (Wildman–Crippen MR) is 85.8 cm³/mol. The lowest BCUT2D eigenvalue weighted by atomic mass is 10.1. The molecule has 2 aromatic heterocycles. The van der Waals surface area contributed by atoms with Gasteiger partial charge in [0.15, 0.2) is 0 Å². The van der Waals surface area contributed by atoms with Crippen LogP contribution in [0.15, 0.2) is 42.7 Å². The summed E-state index contributed by atoms with van der Waals surface area (Å²) in [5.41, 5.74) is 9.46. The lowest BCUT2D eigenvalue weighted by Crippen LogP contribution is -2.12. The minimum atomic E-state index is -0.0765. The Balaban J connectivity index is 1.76. The molecule has 0 fully saturated rings. The van der Waals surface area contributed by atoms with E-state index in [1.54, 1.807) is 11.3 Å². The molecule has 108 valence electrons. The second-order valence-corrected chi connectivity index (χ2v) is 6.40. The largest absolute Gasteiger partial charge is 0.324 e. The van der Waals surface area contributed by atoms with Gasteiger partial charge in [0, 0.05) is 29.1 Å². The average Bonchev–Trinajstić information content (AvgIpc) is 3.08. The molecule has 3 rings (SSSR count). The Kier molecular flexibility index (Phi) is 3.86. The highest BCUT2D eigenvalue weighted by Crippen LogP contribution is 2.22. The zero-order chi connectivity index (χ0) is 14.8. The van der Waals surface area contributed by atoms with E-state index in [4.69, 9.17) is 5.73 Å². The van der Waals surface area contributed by atoms with E-state index in [0.29, 0.717) is 0 Å². The zero-order valence-electron chi connectivity index (χ0n) is 12.2. The summed E-state index contributed by atoms with van der Waals surface area (Å²) in [7, 11) is 0. The Morgan fingerprint density at radius 2 is 2.00 bits per heavy atom. The third-order valence-corrected chi connectivity index (χ3v) is 4.61. The molecule has 0 bridgehead atoms. The van der Waals surface area contributed by atoms with E-state index in [9.17, 15) is 0 Å². The molecular weight excluding hydrogens is 280 g/mol. The van der Waals surface area contributed by atoms with Crippen LogP contribution in [0.4, 0.5) is 0 Å². The van der Waals surface area contributed by atoms with Crippen molar-refractivity contribution in [2.75, 3.05) is 0 Å². The molecule has 0 aliphatic carbocycles. The highest BCUT2D eigenvalue weighted by Gasteiger charge is 2.13. The molecule has 1 atom stereocenters. The van der Waals surface area contributed by atoms with Crippen LogP contribution in [0.2, 0.25) is 0 Å². The van der Waals surface area contributed by atoms with Gasteiger partial charge < -0.3 is 5.73 Å². The van der Waals surface area contributed by atoms with E-state index in [0.717, 1.165) is 28.4 Å². The predicted octanol–water partition coefficient (Wildman–Crippen LogP) is 3.19. The number of hydrogen-bond acceptors (Lipinski definition) is 4. The standard InChI is InChI=1S/C16H18N4S/c1-11-12(2)21-16(19-11)8-15(17)13-9-18-20(10-13)14-6-4-3-5-7-14/h3-7,9-10,15H,8,17H2,1-2H3. The first-order valence-electron chi connectivity index (χ1n) is 6.92. The van der Waals surface area contributed by atoms with Crippen LogP contribution >= 0.6 is 11.3 Å². The summed E-state index contributed by atoms with van der Waals surface area (Å²) in [5, 5.41) is 5.48. The average molecular weight is 298 g/mol. The molecule has 3 aromatic rings. The Hall–Kier alpha value is -1.98. The van der Waals surface area contributed by atoms with Crippen LogP contribution in [-0.4, -0.2) is 14.8 Å². The summed E-state index contributed by atoms with van der Waals surface area (Å²) < 4.78 is 1.85. The summed E-state index contributed by atoms with van der Waals surface area (Å²) in [4.78, 5) is 5.81. The summed E-state index contributed by atoms with van der Waals surface area (Å²) in [6.07, 6.45) is 4.58. The molecule has 21 heavy (non-hydrogen) atoms. The lowest BCUT2D eigenvalue weighted by Gasteiger charge is -2.06. The smallest absolute Gasteiger partial charge is 0.0949 e. The van der Waals surface area contributed by atoms with Crippen LogP contribution in [0.5, 0.6) is 0 Å². The Morgan fingerprint density at radius 1 is 1.24 bits per heavy atom. The number of hydrogen-bond donors (Lipinski definition) is 1. The normalized spacial score (nSPS) is 12.5. The van der Waals surface area contributed by atoms with Gasteiger partial charge in [-0.25, -0.2) is 9.67 Å². The van der Waals surface area contributed by atoms with Gasteiger partial charge in [0.1, 0.15) is 0 Å².